The van der Waals surface area contributed by atoms with Gasteiger partial charge in [-0.25, -0.2) is 8.42 Å². The van der Waals surface area contributed by atoms with E-state index in [9.17, 15) is 18.0 Å². The Balaban J connectivity index is 1.83. The molecule has 1 N–H and O–H groups in total. The Labute approximate surface area is 286 Å². The molecule has 0 aliphatic heterocycles. The molecule has 7 nitrogen and oxygen atoms in total. The number of halogens is 3. The van der Waals surface area contributed by atoms with Gasteiger partial charge >= 0.3 is 0 Å². The lowest BCUT2D eigenvalue weighted by Gasteiger charge is -2.34. The average molecular weight is 701 g/mol. The van der Waals surface area contributed by atoms with Crippen molar-refractivity contribution in [2.45, 2.75) is 57.1 Å². The Morgan fingerprint density at radius 3 is 2.07 bits per heavy atom. The molecule has 0 saturated carbocycles. The van der Waals surface area contributed by atoms with Crippen molar-refractivity contribution in [3.8, 4) is 0 Å². The minimum Gasteiger partial charge on any atom is -0.352 e. The Kier molecular flexibility index (Phi) is 12.1. The summed E-state index contributed by atoms with van der Waals surface area (Å²) in [7, 11) is -4.24. The summed E-state index contributed by atoms with van der Waals surface area (Å²) in [6.07, 6.45) is 0.875. The molecule has 0 heterocycles. The number of nitrogens with one attached hydrogen (secondary N) is 1. The number of carbonyl (C=O) groups is 2. The highest BCUT2D eigenvalue weighted by Crippen LogP contribution is 2.29. The highest BCUT2D eigenvalue weighted by molar-refractivity contribution is 7.92. The van der Waals surface area contributed by atoms with Crippen LogP contribution in [0.2, 0.25) is 15.1 Å². The second-order valence-corrected chi connectivity index (χ2v) is 14.1. The lowest BCUT2D eigenvalue weighted by molar-refractivity contribution is -0.140. The molecule has 0 spiro atoms. The summed E-state index contributed by atoms with van der Waals surface area (Å²) in [6.45, 7) is 5.01. The van der Waals surface area contributed by atoms with E-state index in [1.54, 1.807) is 55.5 Å². The third kappa shape index (κ3) is 8.82. The quantitative estimate of drug-likeness (QED) is 0.155. The van der Waals surface area contributed by atoms with Crippen molar-refractivity contribution < 1.29 is 18.0 Å². The zero-order valence-corrected chi connectivity index (χ0v) is 28.9. The molecule has 0 aliphatic carbocycles. The minimum atomic E-state index is -4.24. The fraction of sp³-hybridized carbons (Fsp3) is 0.257. The van der Waals surface area contributed by atoms with Gasteiger partial charge in [0.25, 0.3) is 10.0 Å². The van der Waals surface area contributed by atoms with E-state index in [0.29, 0.717) is 22.0 Å². The van der Waals surface area contributed by atoms with Crippen molar-refractivity contribution in [1.82, 2.24) is 10.2 Å². The lowest BCUT2D eigenvalue weighted by atomic mass is 10.0. The number of sulfonamides is 1. The summed E-state index contributed by atoms with van der Waals surface area (Å²) < 4.78 is 29.2. The Hall–Kier alpha value is -3.56. The molecule has 46 heavy (non-hydrogen) atoms. The fourth-order valence-electron chi connectivity index (χ4n) is 4.82. The maximum Gasteiger partial charge on any atom is 0.264 e. The van der Waals surface area contributed by atoms with E-state index in [-0.39, 0.29) is 40.5 Å². The van der Waals surface area contributed by atoms with E-state index < -0.39 is 28.5 Å². The van der Waals surface area contributed by atoms with Crippen molar-refractivity contribution in [2.75, 3.05) is 10.8 Å². The van der Waals surface area contributed by atoms with Gasteiger partial charge in [-0.3, -0.25) is 13.9 Å². The van der Waals surface area contributed by atoms with Gasteiger partial charge in [0.05, 0.1) is 20.6 Å². The van der Waals surface area contributed by atoms with E-state index in [0.717, 1.165) is 15.4 Å². The Morgan fingerprint density at radius 1 is 0.804 bits per heavy atom. The van der Waals surface area contributed by atoms with Crippen LogP contribution in [-0.2, 0) is 32.6 Å². The monoisotopic (exact) mass is 699 g/mol. The molecule has 0 saturated heterocycles. The predicted octanol–water partition coefficient (Wildman–Crippen LogP) is 7.71. The number of amides is 2. The third-order valence-electron chi connectivity index (χ3n) is 7.66. The first-order valence-electron chi connectivity index (χ1n) is 14.8. The van der Waals surface area contributed by atoms with Crippen molar-refractivity contribution in [3.05, 3.63) is 129 Å². The molecular formula is C35H36Cl3N3O4S. The van der Waals surface area contributed by atoms with Gasteiger partial charge in [0.1, 0.15) is 12.6 Å². The predicted molar refractivity (Wildman–Crippen MR) is 186 cm³/mol. The second-order valence-electron chi connectivity index (χ2n) is 11.1. The summed E-state index contributed by atoms with van der Waals surface area (Å²) in [6, 6.07) is 25.9. The molecule has 4 aromatic carbocycles. The topological polar surface area (TPSA) is 86.8 Å². The summed E-state index contributed by atoms with van der Waals surface area (Å²) in [4.78, 5) is 29.9. The second kappa shape index (κ2) is 15.8. The SMILES string of the molecule is CCC(C)NC(=O)C(Cc1ccccc1)N(Cc1ccc(Cl)c(Cl)c1)C(=O)CN(c1ccc(C)c(Cl)c1)S(=O)(=O)c1ccccc1. The van der Waals surface area contributed by atoms with Crippen LogP contribution < -0.4 is 9.62 Å². The van der Waals surface area contributed by atoms with Crippen molar-refractivity contribution in [3.63, 3.8) is 0 Å². The summed E-state index contributed by atoms with van der Waals surface area (Å²) in [5.41, 5.74) is 2.41. The minimum absolute atomic E-state index is 0.00544. The van der Waals surface area contributed by atoms with E-state index in [1.807, 2.05) is 44.2 Å². The van der Waals surface area contributed by atoms with Crippen LogP contribution in [0.5, 0.6) is 0 Å². The van der Waals surface area contributed by atoms with Crippen LogP contribution in [0.15, 0.2) is 102 Å². The van der Waals surface area contributed by atoms with E-state index in [2.05, 4.69) is 5.32 Å². The molecule has 11 heteroatoms. The first-order chi connectivity index (χ1) is 21.9. The number of benzene rings is 4. The summed E-state index contributed by atoms with van der Waals surface area (Å²) in [5, 5.41) is 4.00. The standard InChI is InChI=1S/C35H36Cl3N3O4S/c1-4-25(3)39-35(43)33(20-26-11-7-5-8-12-26)40(22-27-16-18-30(36)32(38)19-27)34(42)23-41(28-17-15-24(2)31(37)21-28)46(44,45)29-13-9-6-10-14-29/h5-19,21,25,33H,4,20,22-23H2,1-3H3,(H,39,43). The molecule has 2 unspecified atom stereocenters. The molecule has 0 bridgehead atoms. The maximum absolute atomic E-state index is 14.6. The van der Waals surface area contributed by atoms with Crippen molar-refractivity contribution >= 4 is 62.3 Å². The van der Waals surface area contributed by atoms with Gasteiger partial charge in [0.15, 0.2) is 0 Å². The number of hydrogen-bond donors (Lipinski definition) is 1. The van der Waals surface area contributed by atoms with Crippen LogP contribution in [0.3, 0.4) is 0 Å². The van der Waals surface area contributed by atoms with Gasteiger partial charge in [-0.05, 0) is 73.4 Å². The number of rotatable bonds is 13. The fourth-order valence-corrected chi connectivity index (χ4v) is 6.74. The van der Waals surface area contributed by atoms with E-state index in [4.69, 9.17) is 34.8 Å². The van der Waals surface area contributed by atoms with Crippen LogP contribution in [0.1, 0.15) is 37.0 Å². The molecule has 0 aliphatic rings. The maximum atomic E-state index is 14.6. The molecule has 242 valence electrons. The van der Waals surface area contributed by atoms with Gasteiger partial charge in [-0.1, -0.05) is 102 Å². The molecule has 0 fully saturated rings. The zero-order valence-electron chi connectivity index (χ0n) is 25.8. The van der Waals surface area contributed by atoms with Crippen molar-refractivity contribution in [1.29, 1.82) is 0 Å². The highest BCUT2D eigenvalue weighted by atomic mass is 35.5. The normalized spacial score (nSPS) is 12.7. The van der Waals surface area contributed by atoms with Crippen LogP contribution in [0.4, 0.5) is 5.69 Å². The first-order valence-corrected chi connectivity index (χ1v) is 17.4. The van der Waals surface area contributed by atoms with E-state index in [1.165, 1.54) is 23.1 Å². The lowest BCUT2D eigenvalue weighted by Crippen LogP contribution is -2.54. The Morgan fingerprint density at radius 2 is 1.46 bits per heavy atom. The third-order valence-corrected chi connectivity index (χ3v) is 10.6. The number of hydrogen-bond acceptors (Lipinski definition) is 4. The smallest absolute Gasteiger partial charge is 0.264 e. The van der Waals surface area contributed by atoms with Crippen LogP contribution in [0, 0.1) is 6.92 Å². The van der Waals surface area contributed by atoms with Crippen LogP contribution in [-0.4, -0.2) is 43.8 Å². The molecular weight excluding hydrogens is 665 g/mol. The summed E-state index contributed by atoms with van der Waals surface area (Å²) >= 11 is 19.0. The van der Waals surface area contributed by atoms with E-state index >= 15 is 0 Å². The number of carbonyl (C=O) groups excluding carboxylic acids is 2. The van der Waals surface area contributed by atoms with Crippen molar-refractivity contribution in [2.24, 2.45) is 0 Å². The van der Waals surface area contributed by atoms with Gasteiger partial charge < -0.3 is 10.2 Å². The van der Waals surface area contributed by atoms with Crippen LogP contribution in [0.25, 0.3) is 0 Å². The first kappa shape index (κ1) is 35.3. The molecule has 0 radical (unpaired) electrons. The molecule has 4 rings (SSSR count). The van der Waals surface area contributed by atoms with Crippen LogP contribution >= 0.6 is 34.8 Å². The summed E-state index contributed by atoms with van der Waals surface area (Å²) in [5.74, 6) is -0.954. The molecule has 4 aromatic rings. The van der Waals surface area contributed by atoms with Gasteiger partial charge in [0, 0.05) is 24.0 Å². The van der Waals surface area contributed by atoms with Gasteiger partial charge in [-0.15, -0.1) is 0 Å². The number of anilines is 1. The molecule has 2 amide bonds. The molecule has 2 atom stereocenters. The average Bonchev–Trinajstić information content (AvgIpc) is 3.05. The van der Waals surface area contributed by atoms with Gasteiger partial charge in [-0.2, -0.15) is 0 Å². The number of aryl methyl sites for hydroxylation is 1. The zero-order chi connectivity index (χ0) is 33.4. The van der Waals surface area contributed by atoms with Gasteiger partial charge in [0.2, 0.25) is 11.8 Å². The molecule has 0 aromatic heterocycles. The Bertz CT molecular complexity index is 1770. The largest absolute Gasteiger partial charge is 0.352 e. The highest BCUT2D eigenvalue weighted by Gasteiger charge is 2.35. The number of nitrogens with zero attached hydrogens (tertiary/aromatic N) is 2.